The number of hydrogen-bond donors (Lipinski definition) is 3. The van der Waals surface area contributed by atoms with Crippen molar-refractivity contribution in [3.8, 4) is 22.8 Å². The molecule has 1 saturated carbocycles. The Morgan fingerprint density at radius 3 is 2.21 bits per heavy atom. The number of pyridine rings is 1. The summed E-state index contributed by atoms with van der Waals surface area (Å²) in [6.07, 6.45) is 5.66. The Labute approximate surface area is 341 Å². The highest BCUT2D eigenvalue weighted by atomic mass is 16.6. The van der Waals surface area contributed by atoms with Gasteiger partial charge in [-0.3, -0.25) is 14.4 Å². The predicted molar refractivity (Wildman–Crippen MR) is 220 cm³/mol. The van der Waals surface area contributed by atoms with Gasteiger partial charge in [0.2, 0.25) is 17.7 Å². The van der Waals surface area contributed by atoms with Gasteiger partial charge < -0.3 is 34.9 Å². The number of aromatic nitrogens is 1. The number of carbonyl (C=O) groups is 5. The van der Waals surface area contributed by atoms with Gasteiger partial charge in [0.1, 0.15) is 41.3 Å². The van der Waals surface area contributed by atoms with Gasteiger partial charge in [-0.1, -0.05) is 70.4 Å². The summed E-state index contributed by atoms with van der Waals surface area (Å²) in [5.74, 6) is -3.29. The first-order valence-electron chi connectivity index (χ1n) is 20.3. The van der Waals surface area contributed by atoms with E-state index >= 15 is 0 Å². The molecule has 1 aromatic heterocycles. The quantitative estimate of drug-likeness (QED) is 0.150. The number of nitrogens with one attached hydrogen (secondary N) is 3. The molecule has 0 saturated heterocycles. The van der Waals surface area contributed by atoms with Crippen molar-refractivity contribution >= 4 is 40.6 Å². The fourth-order valence-corrected chi connectivity index (χ4v) is 7.57. The molecule has 2 aliphatic rings. The molecular weight excluding hydrogens is 741 g/mol. The third-order valence-electron chi connectivity index (χ3n) is 10.6. The number of methoxy groups -OCH3 is 2. The van der Waals surface area contributed by atoms with Crippen LogP contribution in [0.1, 0.15) is 86.5 Å². The summed E-state index contributed by atoms with van der Waals surface area (Å²) in [4.78, 5) is 73.3. The van der Waals surface area contributed by atoms with Crippen LogP contribution < -0.4 is 25.4 Å². The van der Waals surface area contributed by atoms with E-state index in [4.69, 9.17) is 23.9 Å². The van der Waals surface area contributed by atoms with Gasteiger partial charge in [0, 0.05) is 35.1 Å². The fraction of sp³-hybridized carbons (Fsp3) is 0.511. The molecule has 3 amide bonds. The highest BCUT2D eigenvalue weighted by molar-refractivity contribution is 6.03. The van der Waals surface area contributed by atoms with Crippen LogP contribution in [0.5, 0.6) is 11.5 Å². The summed E-state index contributed by atoms with van der Waals surface area (Å²) in [5, 5.41) is 9.25. The Balaban J connectivity index is 1.47. The Hall–Kier alpha value is -5.46. The van der Waals surface area contributed by atoms with Crippen molar-refractivity contribution in [1.29, 1.82) is 0 Å². The molecule has 2 unspecified atom stereocenters. The van der Waals surface area contributed by atoms with E-state index < -0.39 is 65.4 Å². The summed E-state index contributed by atoms with van der Waals surface area (Å²) >= 11 is 0. The van der Waals surface area contributed by atoms with Crippen LogP contribution in [0.3, 0.4) is 0 Å². The Bertz CT molecular complexity index is 1980. The van der Waals surface area contributed by atoms with Gasteiger partial charge in [-0.05, 0) is 70.1 Å². The lowest BCUT2D eigenvalue weighted by Crippen LogP contribution is -2.56. The van der Waals surface area contributed by atoms with E-state index in [-0.39, 0.29) is 30.3 Å². The molecule has 5 atom stereocenters. The van der Waals surface area contributed by atoms with Crippen molar-refractivity contribution in [3.63, 3.8) is 0 Å². The van der Waals surface area contributed by atoms with E-state index in [0.717, 1.165) is 37.7 Å². The number of hydrogen-bond acceptors (Lipinski definition) is 10. The van der Waals surface area contributed by atoms with Gasteiger partial charge in [0.15, 0.2) is 0 Å². The second kappa shape index (κ2) is 19.3. The number of benzene rings is 2. The SMILES string of the molecule is CC[C@H](NC(=O)C1CC(Oc2cc(-c3ccccc3)nc3cc(OC)ccc23)C=C1C(=O)N[C@@H](C(=O)N[C@@H](C(=O)OC)C1CCCCC1)C(C)C)C(=O)OC(C)(C)C. The average Bonchev–Trinajstić information content (AvgIpc) is 3.64. The smallest absolute Gasteiger partial charge is 0.329 e. The normalized spacial score (nSPS) is 18.7. The van der Waals surface area contributed by atoms with Gasteiger partial charge in [0.05, 0.1) is 31.3 Å². The number of ether oxygens (including phenoxy) is 4. The van der Waals surface area contributed by atoms with Crippen molar-refractivity contribution in [3.05, 3.63) is 66.2 Å². The van der Waals surface area contributed by atoms with E-state index in [9.17, 15) is 24.0 Å². The van der Waals surface area contributed by atoms with Crippen LogP contribution in [0.25, 0.3) is 22.2 Å². The Morgan fingerprint density at radius 1 is 0.879 bits per heavy atom. The van der Waals surface area contributed by atoms with Crippen LogP contribution in [0.15, 0.2) is 66.2 Å². The average molecular weight is 799 g/mol. The number of esters is 2. The number of rotatable bonds is 15. The van der Waals surface area contributed by atoms with E-state index in [0.29, 0.717) is 28.1 Å². The fourth-order valence-electron chi connectivity index (χ4n) is 7.57. The molecule has 0 aliphatic heterocycles. The molecule has 0 radical (unpaired) electrons. The van der Waals surface area contributed by atoms with E-state index in [2.05, 4.69) is 16.0 Å². The number of fused-ring (bicyclic) bond motifs is 1. The first-order valence-corrected chi connectivity index (χ1v) is 20.3. The third-order valence-corrected chi connectivity index (χ3v) is 10.6. The highest BCUT2D eigenvalue weighted by Crippen LogP contribution is 2.36. The topological polar surface area (TPSA) is 171 Å². The van der Waals surface area contributed by atoms with Gasteiger partial charge in [-0.25, -0.2) is 14.6 Å². The van der Waals surface area contributed by atoms with Crippen LogP contribution >= 0.6 is 0 Å². The van der Waals surface area contributed by atoms with Crippen molar-refractivity contribution in [1.82, 2.24) is 20.9 Å². The standard InChI is InChI=1S/C45H58N4O9/c1-9-34(43(53)58-45(4,5)6)47-40(50)32-22-30(57-37-25-35(27-16-12-10-13-17-27)46-36-24-29(55-7)20-21-31(36)37)23-33(32)41(51)48-38(26(2)3)42(52)49-39(44(54)56-8)28-18-14-11-15-19-28/h10,12-13,16-17,20-21,23-26,28,30,32,34,38-39H,9,11,14-15,18-19,22H2,1-8H3,(H,47,50)(H,48,51)(H,49,52)/t30?,32?,34-,38+,39+/m0/s1. The highest BCUT2D eigenvalue weighted by Gasteiger charge is 2.41. The van der Waals surface area contributed by atoms with Crippen LogP contribution in [-0.4, -0.2) is 78.7 Å². The first kappa shape index (κ1) is 43.7. The van der Waals surface area contributed by atoms with Crippen molar-refractivity contribution < 1.29 is 42.9 Å². The van der Waals surface area contributed by atoms with Crippen molar-refractivity contribution in [2.24, 2.45) is 17.8 Å². The van der Waals surface area contributed by atoms with Crippen LogP contribution in [-0.2, 0) is 33.4 Å². The molecule has 0 spiro atoms. The molecular formula is C45H58N4O9. The lowest BCUT2D eigenvalue weighted by molar-refractivity contribution is -0.159. The van der Waals surface area contributed by atoms with Gasteiger partial charge in [-0.15, -0.1) is 0 Å². The second-order valence-electron chi connectivity index (χ2n) is 16.4. The number of carbonyl (C=O) groups excluding carboxylic acids is 5. The minimum Gasteiger partial charge on any atom is -0.497 e. The van der Waals surface area contributed by atoms with Crippen LogP contribution in [0, 0.1) is 17.8 Å². The second-order valence-corrected chi connectivity index (χ2v) is 16.4. The molecule has 2 aliphatic carbocycles. The minimum atomic E-state index is -1.05. The Morgan fingerprint density at radius 2 is 1.59 bits per heavy atom. The van der Waals surface area contributed by atoms with Gasteiger partial charge >= 0.3 is 11.9 Å². The largest absolute Gasteiger partial charge is 0.497 e. The van der Waals surface area contributed by atoms with Crippen LogP contribution in [0.4, 0.5) is 0 Å². The molecule has 3 N–H and O–H groups in total. The summed E-state index contributed by atoms with van der Waals surface area (Å²) in [7, 11) is 2.87. The van der Waals surface area contributed by atoms with E-state index in [1.165, 1.54) is 7.11 Å². The molecule has 2 aromatic carbocycles. The zero-order chi connectivity index (χ0) is 42.1. The molecule has 1 heterocycles. The maximum Gasteiger partial charge on any atom is 0.329 e. The summed E-state index contributed by atoms with van der Waals surface area (Å²) < 4.78 is 22.8. The lowest BCUT2D eigenvalue weighted by Gasteiger charge is -2.31. The third kappa shape index (κ3) is 10.9. The maximum absolute atomic E-state index is 14.4. The molecule has 1 fully saturated rings. The van der Waals surface area contributed by atoms with E-state index in [1.807, 2.05) is 48.5 Å². The molecule has 312 valence electrons. The first-order chi connectivity index (χ1) is 27.6. The zero-order valence-electron chi connectivity index (χ0n) is 34.9. The summed E-state index contributed by atoms with van der Waals surface area (Å²) in [6.45, 7) is 10.6. The van der Waals surface area contributed by atoms with Gasteiger partial charge in [0.25, 0.3) is 0 Å². The zero-order valence-corrected chi connectivity index (χ0v) is 34.9. The maximum atomic E-state index is 14.4. The molecule has 58 heavy (non-hydrogen) atoms. The monoisotopic (exact) mass is 798 g/mol. The Kier molecular flexibility index (Phi) is 14.5. The molecule has 13 heteroatoms. The molecule has 5 rings (SSSR count). The van der Waals surface area contributed by atoms with E-state index in [1.54, 1.807) is 60.8 Å². The predicted octanol–water partition coefficient (Wildman–Crippen LogP) is 6.22. The molecule has 0 bridgehead atoms. The number of amides is 3. The summed E-state index contributed by atoms with van der Waals surface area (Å²) in [6, 6.07) is 14.0. The number of nitrogens with zero attached hydrogens (tertiary/aromatic N) is 1. The lowest BCUT2D eigenvalue weighted by atomic mass is 9.83. The van der Waals surface area contributed by atoms with Crippen LogP contribution in [0.2, 0.25) is 0 Å². The van der Waals surface area contributed by atoms with Gasteiger partial charge in [-0.2, -0.15) is 0 Å². The molecule has 13 nitrogen and oxygen atoms in total. The van der Waals surface area contributed by atoms with Crippen molar-refractivity contribution in [2.75, 3.05) is 14.2 Å². The summed E-state index contributed by atoms with van der Waals surface area (Å²) in [5.41, 5.74) is 1.44. The molecule has 3 aromatic rings. The minimum absolute atomic E-state index is 0.0601. The van der Waals surface area contributed by atoms with Crippen molar-refractivity contribution in [2.45, 2.75) is 116 Å².